The zero-order valence-corrected chi connectivity index (χ0v) is 16.5. The maximum atomic E-state index is 12.3. The third kappa shape index (κ3) is 3.20. The Morgan fingerprint density at radius 1 is 1.14 bits per heavy atom. The van der Waals surface area contributed by atoms with Crippen LogP contribution in [0.25, 0.3) is 32.9 Å². The van der Waals surface area contributed by atoms with Crippen LogP contribution in [-0.2, 0) is 0 Å². The highest BCUT2D eigenvalue weighted by atomic mass is 16.1. The number of aromatic nitrogens is 3. The highest BCUT2D eigenvalue weighted by Gasteiger charge is 2.23. The third-order valence-corrected chi connectivity index (χ3v) is 5.42. The zero-order valence-electron chi connectivity index (χ0n) is 16.5. The third-order valence-electron chi connectivity index (χ3n) is 5.42. The number of rotatable bonds is 4. The lowest BCUT2D eigenvalue weighted by Crippen LogP contribution is -2.25. The molecule has 2 aromatic heterocycles. The number of carbonyl (C=O) groups is 1. The van der Waals surface area contributed by atoms with Gasteiger partial charge in [0.1, 0.15) is 17.3 Å². The van der Waals surface area contributed by atoms with Gasteiger partial charge in [0.2, 0.25) is 0 Å². The molecule has 2 aromatic carbocycles. The van der Waals surface area contributed by atoms with Crippen LogP contribution in [-0.4, -0.2) is 26.9 Å². The van der Waals surface area contributed by atoms with Crippen molar-refractivity contribution in [2.45, 2.75) is 38.6 Å². The van der Waals surface area contributed by atoms with Gasteiger partial charge < -0.3 is 16.0 Å². The van der Waals surface area contributed by atoms with Crippen LogP contribution in [0.5, 0.6) is 0 Å². The van der Waals surface area contributed by atoms with Crippen molar-refractivity contribution in [3.8, 4) is 11.1 Å². The van der Waals surface area contributed by atoms with E-state index in [1.807, 2.05) is 50.4 Å². The van der Waals surface area contributed by atoms with Crippen LogP contribution in [0.4, 0.5) is 5.82 Å². The Kier molecular flexibility index (Phi) is 4.01. The smallest absolute Gasteiger partial charge is 0.251 e. The monoisotopic (exact) mass is 385 g/mol. The predicted octanol–water partition coefficient (Wildman–Crippen LogP) is 4.38. The molecule has 0 bridgehead atoms. The Labute approximate surface area is 168 Å². The minimum atomic E-state index is 0.000911. The molecule has 2 heterocycles. The number of nitrogens with two attached hydrogens (primary N) is 1. The van der Waals surface area contributed by atoms with Gasteiger partial charge in [-0.1, -0.05) is 32.0 Å². The number of carbonyl (C=O) groups excluding carboxylic acids is 1. The van der Waals surface area contributed by atoms with E-state index >= 15 is 0 Å². The molecule has 4 aromatic rings. The summed E-state index contributed by atoms with van der Waals surface area (Å²) in [5.41, 5.74) is 9.73. The van der Waals surface area contributed by atoms with E-state index in [-0.39, 0.29) is 11.8 Å². The summed E-state index contributed by atoms with van der Waals surface area (Å²) in [6.45, 7) is 4.10. The summed E-state index contributed by atoms with van der Waals surface area (Å²) < 4.78 is 0. The Hall–Kier alpha value is -3.41. The number of nitrogen functional groups attached to an aromatic ring is 1. The highest BCUT2D eigenvalue weighted by molar-refractivity contribution is 6.03. The maximum absolute atomic E-state index is 12.3. The SMILES string of the molecule is CC(C)c1nc(N)c2c(-c3ccc4cc(C(=O)NC5CC5)ccc4c3)c[nH]c2n1. The van der Waals surface area contributed by atoms with Gasteiger partial charge in [-0.25, -0.2) is 9.97 Å². The molecule has 146 valence electrons. The van der Waals surface area contributed by atoms with E-state index in [9.17, 15) is 4.79 Å². The molecule has 6 heteroatoms. The van der Waals surface area contributed by atoms with Crippen molar-refractivity contribution in [2.24, 2.45) is 0 Å². The van der Waals surface area contributed by atoms with Crippen LogP contribution >= 0.6 is 0 Å². The van der Waals surface area contributed by atoms with Gasteiger partial charge in [0.05, 0.1) is 5.39 Å². The summed E-state index contributed by atoms with van der Waals surface area (Å²) >= 11 is 0. The van der Waals surface area contributed by atoms with Crippen molar-refractivity contribution < 1.29 is 4.79 Å². The first-order chi connectivity index (χ1) is 14.0. The van der Waals surface area contributed by atoms with Crippen molar-refractivity contribution in [1.29, 1.82) is 0 Å². The number of anilines is 1. The zero-order chi connectivity index (χ0) is 20.1. The Balaban J connectivity index is 1.54. The largest absolute Gasteiger partial charge is 0.383 e. The second-order valence-corrected chi connectivity index (χ2v) is 8.07. The van der Waals surface area contributed by atoms with Crippen LogP contribution in [0.3, 0.4) is 0 Å². The van der Waals surface area contributed by atoms with Crippen molar-refractivity contribution in [3.63, 3.8) is 0 Å². The lowest BCUT2D eigenvalue weighted by Gasteiger charge is -2.08. The normalized spacial score (nSPS) is 14.0. The molecular formula is C23H23N5O. The number of aromatic amines is 1. The number of hydrogen-bond acceptors (Lipinski definition) is 4. The second kappa shape index (κ2) is 6.58. The molecule has 1 fully saturated rings. The summed E-state index contributed by atoms with van der Waals surface area (Å²) in [5.74, 6) is 1.43. The Morgan fingerprint density at radius 2 is 1.90 bits per heavy atom. The van der Waals surface area contributed by atoms with E-state index in [0.717, 1.165) is 51.6 Å². The van der Waals surface area contributed by atoms with Gasteiger partial charge in [-0.15, -0.1) is 0 Å². The summed E-state index contributed by atoms with van der Waals surface area (Å²) in [5, 5.41) is 5.98. The first-order valence-electron chi connectivity index (χ1n) is 9.99. The van der Waals surface area contributed by atoms with Crippen molar-refractivity contribution in [3.05, 3.63) is 54.0 Å². The minimum absolute atomic E-state index is 0.000911. The van der Waals surface area contributed by atoms with Crippen molar-refractivity contribution in [2.75, 3.05) is 5.73 Å². The number of fused-ring (bicyclic) bond motifs is 2. The van der Waals surface area contributed by atoms with E-state index < -0.39 is 0 Å². The molecule has 6 nitrogen and oxygen atoms in total. The standard InChI is InChI=1S/C23H23N5O/c1-12(2)21-27-20(24)19-18(11-25-22(19)28-21)15-5-3-14-10-16(6-4-13(14)9-15)23(29)26-17-7-8-17/h3-6,9-12,17H,7-8H2,1-2H3,(H,26,29)(H3,24,25,27,28). The molecule has 4 N–H and O–H groups in total. The van der Waals surface area contributed by atoms with Crippen molar-refractivity contribution >= 4 is 33.5 Å². The average molecular weight is 385 g/mol. The van der Waals surface area contributed by atoms with Gasteiger partial charge in [0.25, 0.3) is 5.91 Å². The van der Waals surface area contributed by atoms with E-state index in [2.05, 4.69) is 26.3 Å². The number of benzene rings is 2. The maximum Gasteiger partial charge on any atom is 0.251 e. The Bertz CT molecular complexity index is 1250. The van der Waals surface area contributed by atoms with Crippen LogP contribution in [0, 0.1) is 0 Å². The van der Waals surface area contributed by atoms with E-state index in [1.165, 1.54) is 0 Å². The molecule has 0 aliphatic heterocycles. The second-order valence-electron chi connectivity index (χ2n) is 8.07. The molecule has 0 atom stereocenters. The minimum Gasteiger partial charge on any atom is -0.383 e. The van der Waals surface area contributed by atoms with Gasteiger partial charge in [-0.3, -0.25) is 4.79 Å². The van der Waals surface area contributed by atoms with Gasteiger partial charge in [-0.2, -0.15) is 0 Å². The molecule has 5 rings (SSSR count). The summed E-state index contributed by atoms with van der Waals surface area (Å²) in [7, 11) is 0. The number of nitrogens with zero attached hydrogens (tertiary/aromatic N) is 2. The summed E-state index contributed by atoms with van der Waals surface area (Å²) in [4.78, 5) is 24.6. The number of amides is 1. The molecule has 0 saturated heterocycles. The van der Waals surface area contributed by atoms with Gasteiger partial charge in [0, 0.05) is 29.3 Å². The fraction of sp³-hybridized carbons (Fsp3) is 0.261. The lowest BCUT2D eigenvalue weighted by atomic mass is 10.00. The van der Waals surface area contributed by atoms with Crippen LogP contribution in [0.2, 0.25) is 0 Å². The molecule has 1 aliphatic carbocycles. The fourth-order valence-corrected chi connectivity index (χ4v) is 3.62. The van der Waals surface area contributed by atoms with Gasteiger partial charge in [0.15, 0.2) is 0 Å². The first kappa shape index (κ1) is 17.7. The number of nitrogens with one attached hydrogen (secondary N) is 2. The molecule has 0 radical (unpaired) electrons. The molecule has 1 saturated carbocycles. The lowest BCUT2D eigenvalue weighted by molar-refractivity contribution is 0.0951. The predicted molar refractivity (Wildman–Crippen MR) is 116 cm³/mol. The molecule has 29 heavy (non-hydrogen) atoms. The summed E-state index contributed by atoms with van der Waals surface area (Å²) in [6.07, 6.45) is 4.09. The van der Waals surface area contributed by atoms with Crippen LogP contribution in [0.15, 0.2) is 42.6 Å². The van der Waals surface area contributed by atoms with E-state index in [1.54, 1.807) is 0 Å². The van der Waals surface area contributed by atoms with Crippen LogP contribution < -0.4 is 11.1 Å². The molecule has 0 unspecified atom stereocenters. The van der Waals surface area contributed by atoms with Gasteiger partial charge >= 0.3 is 0 Å². The highest BCUT2D eigenvalue weighted by Crippen LogP contribution is 2.33. The van der Waals surface area contributed by atoms with Crippen molar-refractivity contribution in [1.82, 2.24) is 20.3 Å². The molecule has 1 amide bonds. The van der Waals surface area contributed by atoms with E-state index in [4.69, 9.17) is 5.73 Å². The van der Waals surface area contributed by atoms with Gasteiger partial charge in [-0.05, 0) is 47.4 Å². The average Bonchev–Trinajstić information content (AvgIpc) is 3.42. The number of hydrogen-bond donors (Lipinski definition) is 3. The first-order valence-corrected chi connectivity index (χ1v) is 9.99. The summed E-state index contributed by atoms with van der Waals surface area (Å²) in [6, 6.07) is 12.4. The molecular weight excluding hydrogens is 362 g/mol. The van der Waals surface area contributed by atoms with E-state index in [0.29, 0.717) is 17.4 Å². The fourth-order valence-electron chi connectivity index (χ4n) is 3.62. The van der Waals surface area contributed by atoms with Crippen LogP contribution in [0.1, 0.15) is 48.8 Å². The topological polar surface area (TPSA) is 96.7 Å². The molecule has 1 aliphatic rings. The number of H-pyrrole nitrogens is 1. The molecule has 0 spiro atoms. The quantitative estimate of drug-likeness (QED) is 0.486. The Morgan fingerprint density at radius 3 is 2.66 bits per heavy atom.